The standard InChI is InChI=1S/C17H18ClN3/c1-11-3-4-12-5-6-13(18)8-14(12)15(7-11)17(19)16-9-20-10-21(16)2/h5-10,17H,1,3-4,19H2,2H3/t17-/m1/s1. The summed E-state index contributed by atoms with van der Waals surface area (Å²) in [5.41, 5.74) is 12.0. The number of imidazole rings is 1. The number of aromatic nitrogens is 2. The van der Waals surface area contributed by atoms with Gasteiger partial charge < -0.3 is 10.3 Å². The maximum absolute atomic E-state index is 6.50. The van der Waals surface area contributed by atoms with Gasteiger partial charge in [-0.2, -0.15) is 0 Å². The van der Waals surface area contributed by atoms with Crippen LogP contribution in [-0.2, 0) is 13.5 Å². The van der Waals surface area contributed by atoms with E-state index in [4.69, 9.17) is 17.3 Å². The zero-order valence-corrected chi connectivity index (χ0v) is 12.8. The molecule has 0 radical (unpaired) electrons. The molecule has 21 heavy (non-hydrogen) atoms. The molecule has 0 spiro atoms. The molecule has 3 nitrogen and oxygen atoms in total. The van der Waals surface area contributed by atoms with Gasteiger partial charge in [0, 0.05) is 12.1 Å². The first-order valence-electron chi connectivity index (χ1n) is 6.96. The molecule has 3 rings (SSSR count). The van der Waals surface area contributed by atoms with E-state index in [0.717, 1.165) is 40.3 Å². The van der Waals surface area contributed by atoms with Crippen LogP contribution >= 0.6 is 11.6 Å². The van der Waals surface area contributed by atoms with Crippen molar-refractivity contribution in [2.75, 3.05) is 0 Å². The van der Waals surface area contributed by atoms with Crippen LogP contribution in [0.4, 0.5) is 0 Å². The lowest BCUT2D eigenvalue weighted by atomic mass is 9.93. The van der Waals surface area contributed by atoms with Crippen molar-refractivity contribution in [3.05, 3.63) is 70.8 Å². The monoisotopic (exact) mass is 299 g/mol. The Morgan fingerprint density at radius 2 is 2.19 bits per heavy atom. The third kappa shape index (κ3) is 2.67. The summed E-state index contributed by atoms with van der Waals surface area (Å²) in [7, 11) is 1.95. The Morgan fingerprint density at radius 3 is 2.90 bits per heavy atom. The average molecular weight is 300 g/mol. The van der Waals surface area contributed by atoms with E-state index in [-0.39, 0.29) is 6.04 Å². The van der Waals surface area contributed by atoms with Gasteiger partial charge in [-0.25, -0.2) is 4.98 Å². The van der Waals surface area contributed by atoms with Gasteiger partial charge >= 0.3 is 0 Å². The molecule has 1 aliphatic carbocycles. The summed E-state index contributed by atoms with van der Waals surface area (Å²) in [6, 6.07) is 5.77. The van der Waals surface area contributed by atoms with Crippen LogP contribution in [0.1, 0.15) is 29.3 Å². The van der Waals surface area contributed by atoms with E-state index in [1.54, 1.807) is 6.33 Å². The molecule has 0 fully saturated rings. The van der Waals surface area contributed by atoms with Crippen LogP contribution in [0.2, 0.25) is 5.02 Å². The SMILES string of the molecule is C=C1C=C([C@@H](N)c2cncn2C)c2cc(Cl)ccc2CC1. The van der Waals surface area contributed by atoms with E-state index < -0.39 is 0 Å². The molecule has 0 unspecified atom stereocenters. The summed E-state index contributed by atoms with van der Waals surface area (Å²) in [6.45, 7) is 4.13. The Labute approximate surface area is 129 Å². The zero-order chi connectivity index (χ0) is 15.0. The molecule has 0 amide bonds. The highest BCUT2D eigenvalue weighted by Gasteiger charge is 2.21. The second-order valence-electron chi connectivity index (χ2n) is 5.47. The summed E-state index contributed by atoms with van der Waals surface area (Å²) >= 11 is 6.18. The van der Waals surface area contributed by atoms with E-state index in [1.165, 1.54) is 5.56 Å². The fourth-order valence-corrected chi connectivity index (χ4v) is 2.96. The first-order valence-corrected chi connectivity index (χ1v) is 7.34. The third-order valence-corrected chi connectivity index (χ3v) is 4.20. The molecule has 2 N–H and O–H groups in total. The first-order chi connectivity index (χ1) is 10.1. The van der Waals surface area contributed by atoms with Crippen molar-refractivity contribution in [2.24, 2.45) is 12.8 Å². The minimum Gasteiger partial charge on any atom is -0.336 e. The Bertz CT molecular complexity index is 727. The molecule has 2 aromatic rings. The second-order valence-corrected chi connectivity index (χ2v) is 5.90. The lowest BCUT2D eigenvalue weighted by molar-refractivity contribution is 0.773. The van der Waals surface area contributed by atoms with Gasteiger partial charge in [-0.15, -0.1) is 0 Å². The number of rotatable bonds is 2. The van der Waals surface area contributed by atoms with Crippen LogP contribution in [0.3, 0.4) is 0 Å². The Morgan fingerprint density at radius 1 is 1.38 bits per heavy atom. The van der Waals surface area contributed by atoms with Crippen LogP contribution in [0.25, 0.3) is 5.57 Å². The predicted molar refractivity (Wildman–Crippen MR) is 87.0 cm³/mol. The lowest BCUT2D eigenvalue weighted by Crippen LogP contribution is -2.16. The summed E-state index contributed by atoms with van der Waals surface area (Å²) < 4.78 is 1.95. The quantitative estimate of drug-likeness (QED) is 0.919. The normalized spacial score (nSPS) is 16.1. The molecular formula is C17H18ClN3. The smallest absolute Gasteiger partial charge is 0.0946 e. The van der Waals surface area contributed by atoms with Crippen molar-refractivity contribution in [3.8, 4) is 0 Å². The summed E-state index contributed by atoms with van der Waals surface area (Å²) in [5.74, 6) is 0. The van der Waals surface area contributed by atoms with Crippen molar-refractivity contribution >= 4 is 17.2 Å². The van der Waals surface area contributed by atoms with Crippen molar-refractivity contribution < 1.29 is 0 Å². The predicted octanol–water partition coefficient (Wildman–Crippen LogP) is 3.66. The zero-order valence-electron chi connectivity index (χ0n) is 12.0. The van der Waals surface area contributed by atoms with Crippen molar-refractivity contribution in [3.63, 3.8) is 0 Å². The van der Waals surface area contributed by atoms with E-state index in [1.807, 2.05) is 29.9 Å². The number of hydrogen-bond acceptors (Lipinski definition) is 2. The Hall–Kier alpha value is -1.84. The highest BCUT2D eigenvalue weighted by Crippen LogP contribution is 2.36. The molecule has 4 heteroatoms. The van der Waals surface area contributed by atoms with E-state index in [2.05, 4.69) is 23.7 Å². The van der Waals surface area contributed by atoms with Crippen LogP contribution < -0.4 is 5.73 Å². The maximum Gasteiger partial charge on any atom is 0.0946 e. The first kappa shape index (κ1) is 14.1. The van der Waals surface area contributed by atoms with Crippen LogP contribution in [0.5, 0.6) is 0 Å². The highest BCUT2D eigenvalue weighted by molar-refractivity contribution is 6.30. The molecule has 0 bridgehead atoms. The number of halogens is 1. The molecular weight excluding hydrogens is 282 g/mol. The average Bonchev–Trinajstić information content (AvgIpc) is 2.81. The highest BCUT2D eigenvalue weighted by atomic mass is 35.5. The Balaban J connectivity index is 2.13. The van der Waals surface area contributed by atoms with Crippen molar-refractivity contribution in [1.82, 2.24) is 9.55 Å². The van der Waals surface area contributed by atoms with Gasteiger partial charge in [-0.3, -0.25) is 0 Å². The number of aryl methyl sites for hydroxylation is 2. The van der Waals surface area contributed by atoms with Gasteiger partial charge in [0.1, 0.15) is 0 Å². The minimum absolute atomic E-state index is 0.246. The number of fused-ring (bicyclic) bond motifs is 1. The summed E-state index contributed by atoms with van der Waals surface area (Å²) in [6.07, 6.45) is 7.57. The summed E-state index contributed by atoms with van der Waals surface area (Å²) in [5, 5.41) is 0.726. The van der Waals surface area contributed by atoms with Gasteiger partial charge in [-0.05, 0) is 41.7 Å². The van der Waals surface area contributed by atoms with Crippen molar-refractivity contribution in [1.29, 1.82) is 0 Å². The van der Waals surface area contributed by atoms with E-state index in [0.29, 0.717) is 0 Å². The van der Waals surface area contributed by atoms with Gasteiger partial charge in [-0.1, -0.05) is 35.9 Å². The number of nitrogens with zero attached hydrogens (tertiary/aromatic N) is 2. The topological polar surface area (TPSA) is 43.8 Å². The fraction of sp³-hybridized carbons (Fsp3) is 0.235. The maximum atomic E-state index is 6.50. The van der Waals surface area contributed by atoms with Gasteiger partial charge in [0.2, 0.25) is 0 Å². The molecule has 1 aromatic carbocycles. The number of hydrogen-bond donors (Lipinski definition) is 1. The van der Waals surface area contributed by atoms with Gasteiger partial charge in [0.25, 0.3) is 0 Å². The van der Waals surface area contributed by atoms with Gasteiger partial charge in [0.05, 0.1) is 24.3 Å². The van der Waals surface area contributed by atoms with Crippen molar-refractivity contribution in [2.45, 2.75) is 18.9 Å². The van der Waals surface area contributed by atoms with E-state index in [9.17, 15) is 0 Å². The van der Waals surface area contributed by atoms with E-state index >= 15 is 0 Å². The van der Waals surface area contributed by atoms with Crippen LogP contribution in [0, 0.1) is 0 Å². The number of benzene rings is 1. The Kier molecular flexibility index (Phi) is 3.70. The molecule has 0 saturated carbocycles. The van der Waals surface area contributed by atoms with Crippen LogP contribution in [-0.4, -0.2) is 9.55 Å². The van der Waals surface area contributed by atoms with Crippen LogP contribution in [0.15, 0.2) is 49.0 Å². The lowest BCUT2D eigenvalue weighted by Gasteiger charge is -2.18. The molecule has 0 saturated heterocycles. The minimum atomic E-state index is -0.246. The molecule has 1 aliphatic rings. The molecule has 1 aromatic heterocycles. The fourth-order valence-electron chi connectivity index (χ4n) is 2.78. The third-order valence-electron chi connectivity index (χ3n) is 3.97. The largest absolute Gasteiger partial charge is 0.336 e. The molecule has 1 heterocycles. The molecule has 1 atom stereocenters. The number of nitrogens with two attached hydrogens (primary N) is 1. The molecule has 0 aliphatic heterocycles. The molecule has 108 valence electrons. The van der Waals surface area contributed by atoms with Gasteiger partial charge in [0.15, 0.2) is 0 Å². The number of allylic oxidation sites excluding steroid dienone is 2. The second kappa shape index (κ2) is 5.51. The summed E-state index contributed by atoms with van der Waals surface area (Å²) in [4.78, 5) is 4.16.